The summed E-state index contributed by atoms with van der Waals surface area (Å²) in [6.07, 6.45) is 10.2. The van der Waals surface area contributed by atoms with E-state index in [1.54, 1.807) is 12.5 Å². The number of nitrogen functional groups attached to an aromatic ring is 1. The maximum absolute atomic E-state index is 6.36. The van der Waals surface area contributed by atoms with Crippen molar-refractivity contribution in [1.29, 1.82) is 0 Å². The number of nitrogens with zero attached hydrogens (tertiary/aromatic N) is 8. The summed E-state index contributed by atoms with van der Waals surface area (Å²) < 4.78 is 2.11. The monoisotopic (exact) mass is 607 g/mol. The lowest BCUT2D eigenvalue weighted by atomic mass is 9.71. The summed E-state index contributed by atoms with van der Waals surface area (Å²) in [6, 6.07) is 29.0. The number of benzene rings is 2. The number of hydrogen-bond acceptors (Lipinski definition) is 8. The number of imidazole rings is 1. The van der Waals surface area contributed by atoms with Crippen LogP contribution in [0.5, 0.6) is 0 Å². The second-order valence-corrected chi connectivity index (χ2v) is 12.6. The van der Waals surface area contributed by atoms with Gasteiger partial charge in [-0.25, -0.2) is 24.9 Å². The van der Waals surface area contributed by atoms with Crippen molar-refractivity contribution in [2.24, 2.45) is 5.41 Å². The third-order valence-electron chi connectivity index (χ3n) is 9.89. The second-order valence-electron chi connectivity index (χ2n) is 12.6. The molecule has 230 valence electrons. The molecule has 0 bridgehead atoms. The maximum Gasteiger partial charge on any atom is 0.165 e. The minimum Gasteiger partial charge on any atom is -0.383 e. The van der Waals surface area contributed by atoms with E-state index in [0.717, 1.165) is 78.0 Å². The Labute approximate surface area is 268 Å². The van der Waals surface area contributed by atoms with Gasteiger partial charge in [-0.1, -0.05) is 42.5 Å². The van der Waals surface area contributed by atoms with Gasteiger partial charge in [0.2, 0.25) is 0 Å². The molecule has 9 nitrogen and oxygen atoms in total. The van der Waals surface area contributed by atoms with Gasteiger partial charge in [-0.05, 0) is 92.2 Å². The molecule has 2 N–H and O–H groups in total. The van der Waals surface area contributed by atoms with Gasteiger partial charge in [-0.15, -0.1) is 0 Å². The van der Waals surface area contributed by atoms with Crippen molar-refractivity contribution < 1.29 is 0 Å². The number of aromatic nitrogens is 6. The Morgan fingerprint density at radius 1 is 0.717 bits per heavy atom. The third-order valence-corrected chi connectivity index (χ3v) is 9.89. The Morgan fingerprint density at radius 3 is 2.24 bits per heavy atom. The quantitative estimate of drug-likeness (QED) is 0.232. The summed E-state index contributed by atoms with van der Waals surface area (Å²) in [6.45, 7) is 5.38. The first-order valence-electron chi connectivity index (χ1n) is 16.1. The highest BCUT2D eigenvalue weighted by atomic mass is 15.2. The Balaban J connectivity index is 1.01. The molecule has 2 aliphatic rings. The molecule has 9 heteroatoms. The van der Waals surface area contributed by atoms with E-state index >= 15 is 0 Å². The molecular formula is C37H37N9. The van der Waals surface area contributed by atoms with E-state index in [4.69, 9.17) is 15.7 Å². The van der Waals surface area contributed by atoms with E-state index in [2.05, 4.69) is 65.7 Å². The van der Waals surface area contributed by atoms with Gasteiger partial charge in [-0.2, -0.15) is 0 Å². The van der Waals surface area contributed by atoms with Gasteiger partial charge in [0, 0.05) is 43.3 Å². The Bertz CT molecular complexity index is 1940. The van der Waals surface area contributed by atoms with Crippen molar-refractivity contribution >= 4 is 22.8 Å². The van der Waals surface area contributed by atoms with Crippen molar-refractivity contribution in [3.63, 3.8) is 0 Å². The van der Waals surface area contributed by atoms with E-state index in [1.165, 1.54) is 31.2 Å². The Kier molecular flexibility index (Phi) is 7.38. The SMILES string of the molecule is Nc1ncccc1-c1nc2ccc(-c3ccccc3)nc2n1-c1ccc(CN2CCC3(CC2)CCN(c2ccncn2)CC3)cc1. The number of pyridine rings is 2. The Hall–Kier alpha value is -5.15. The van der Waals surface area contributed by atoms with E-state index < -0.39 is 0 Å². The first-order chi connectivity index (χ1) is 22.6. The van der Waals surface area contributed by atoms with E-state index in [1.807, 2.05) is 54.7 Å². The first kappa shape index (κ1) is 28.3. The molecule has 2 aliphatic heterocycles. The van der Waals surface area contributed by atoms with E-state index in [9.17, 15) is 0 Å². The van der Waals surface area contributed by atoms with Crippen molar-refractivity contribution in [1.82, 2.24) is 34.4 Å². The van der Waals surface area contributed by atoms with Crippen LogP contribution in [0.1, 0.15) is 31.2 Å². The molecule has 2 saturated heterocycles. The van der Waals surface area contributed by atoms with E-state index in [-0.39, 0.29) is 0 Å². The summed E-state index contributed by atoms with van der Waals surface area (Å²) >= 11 is 0. The molecule has 2 fully saturated rings. The number of hydrogen-bond donors (Lipinski definition) is 1. The lowest BCUT2D eigenvalue weighted by molar-refractivity contribution is 0.0757. The van der Waals surface area contributed by atoms with Crippen LogP contribution in [0.2, 0.25) is 0 Å². The molecule has 1 spiro atoms. The predicted molar refractivity (Wildman–Crippen MR) is 182 cm³/mol. The van der Waals surface area contributed by atoms with Crippen molar-refractivity contribution in [2.45, 2.75) is 32.2 Å². The molecule has 4 aromatic heterocycles. The lowest BCUT2D eigenvalue weighted by Crippen LogP contribution is -2.46. The zero-order valence-electron chi connectivity index (χ0n) is 25.8. The van der Waals surface area contributed by atoms with Crippen molar-refractivity contribution in [3.8, 4) is 28.3 Å². The summed E-state index contributed by atoms with van der Waals surface area (Å²) in [5.74, 6) is 2.23. The largest absolute Gasteiger partial charge is 0.383 e. The molecule has 46 heavy (non-hydrogen) atoms. The Morgan fingerprint density at radius 2 is 1.50 bits per heavy atom. The average molecular weight is 608 g/mol. The molecule has 0 aliphatic carbocycles. The smallest absolute Gasteiger partial charge is 0.165 e. The number of rotatable bonds is 6. The normalized spacial score (nSPS) is 16.7. The van der Waals surface area contributed by atoms with E-state index in [0.29, 0.717) is 11.2 Å². The number of nitrogens with two attached hydrogens (primary N) is 1. The minimum absolute atomic E-state index is 0.446. The number of likely N-dealkylation sites (tertiary alicyclic amines) is 1. The standard InChI is InChI=1S/C37H37N9/c38-34-30(7-4-19-40-34)35-43-32-13-12-31(28-5-2-1-3-6-28)42-36(32)46(35)29-10-8-27(9-11-29)25-44-21-15-37(16-22-44)17-23-45(24-18-37)33-14-20-39-26-41-33/h1-14,19-20,26H,15-18,21-25H2,(H2,38,40). The summed E-state index contributed by atoms with van der Waals surface area (Å²) in [4.78, 5) is 28.0. The highest BCUT2D eigenvalue weighted by molar-refractivity contribution is 5.84. The zero-order chi connectivity index (χ0) is 30.9. The summed E-state index contributed by atoms with van der Waals surface area (Å²) in [5.41, 5.74) is 13.5. The predicted octanol–water partition coefficient (Wildman–Crippen LogP) is 6.40. The van der Waals surface area contributed by atoms with Gasteiger partial charge in [0.1, 0.15) is 23.5 Å². The summed E-state index contributed by atoms with van der Waals surface area (Å²) in [7, 11) is 0. The fourth-order valence-electron chi connectivity index (χ4n) is 7.13. The molecule has 8 rings (SSSR count). The van der Waals surface area contributed by atoms with Crippen LogP contribution in [0.3, 0.4) is 0 Å². The third kappa shape index (κ3) is 5.47. The summed E-state index contributed by atoms with van der Waals surface area (Å²) in [5, 5.41) is 0. The van der Waals surface area contributed by atoms with Gasteiger partial charge in [0.25, 0.3) is 0 Å². The van der Waals surface area contributed by atoms with Crippen LogP contribution in [-0.2, 0) is 6.54 Å². The maximum atomic E-state index is 6.36. The average Bonchev–Trinajstić information content (AvgIpc) is 3.50. The van der Waals surface area contributed by atoms with Crippen LogP contribution in [0.25, 0.3) is 39.5 Å². The van der Waals surface area contributed by atoms with Gasteiger partial charge < -0.3 is 10.6 Å². The number of piperidine rings is 2. The number of fused-ring (bicyclic) bond motifs is 1. The highest BCUT2D eigenvalue weighted by Crippen LogP contribution is 2.42. The fourth-order valence-corrected chi connectivity index (χ4v) is 7.13. The molecule has 2 aromatic carbocycles. The zero-order valence-corrected chi connectivity index (χ0v) is 25.8. The second kappa shape index (κ2) is 12.0. The molecule has 0 saturated carbocycles. The van der Waals surface area contributed by atoms with Crippen molar-refractivity contribution in [2.75, 3.05) is 36.8 Å². The molecule has 0 unspecified atom stereocenters. The van der Waals surface area contributed by atoms with Crippen LogP contribution >= 0.6 is 0 Å². The molecule has 0 amide bonds. The van der Waals surface area contributed by atoms with Crippen LogP contribution < -0.4 is 10.6 Å². The van der Waals surface area contributed by atoms with Crippen LogP contribution in [0.15, 0.2) is 104 Å². The number of anilines is 2. The van der Waals surface area contributed by atoms with Gasteiger partial charge in [0.05, 0.1) is 11.3 Å². The van der Waals surface area contributed by atoms with Crippen molar-refractivity contribution in [3.05, 3.63) is 109 Å². The highest BCUT2D eigenvalue weighted by Gasteiger charge is 2.37. The van der Waals surface area contributed by atoms with Crippen LogP contribution in [0, 0.1) is 5.41 Å². The molecule has 6 aromatic rings. The molecule has 0 radical (unpaired) electrons. The first-order valence-corrected chi connectivity index (χ1v) is 16.1. The van der Waals surface area contributed by atoms with Gasteiger partial charge >= 0.3 is 0 Å². The van der Waals surface area contributed by atoms with Crippen LogP contribution in [0.4, 0.5) is 11.6 Å². The van der Waals surface area contributed by atoms with Crippen LogP contribution in [-0.4, -0.2) is 60.6 Å². The van der Waals surface area contributed by atoms with Gasteiger partial charge in [0.15, 0.2) is 11.5 Å². The van der Waals surface area contributed by atoms with Gasteiger partial charge in [-0.3, -0.25) is 9.47 Å². The molecule has 6 heterocycles. The fraction of sp³-hybridized carbons (Fsp3) is 0.270. The molecule has 0 atom stereocenters. The molecular weight excluding hydrogens is 570 g/mol. The topological polar surface area (TPSA) is 102 Å². The minimum atomic E-state index is 0.446. The lowest BCUT2D eigenvalue weighted by Gasteiger charge is -2.47.